The molecule has 0 radical (unpaired) electrons. The van der Waals surface area contributed by atoms with Crippen LogP contribution in [0.4, 0.5) is 5.13 Å². The van der Waals surface area contributed by atoms with Crippen molar-refractivity contribution in [2.24, 2.45) is 0 Å². The van der Waals surface area contributed by atoms with Crippen LogP contribution in [0, 0.1) is 6.92 Å². The summed E-state index contributed by atoms with van der Waals surface area (Å²) in [6, 6.07) is 8.64. The van der Waals surface area contributed by atoms with Crippen molar-refractivity contribution in [2.45, 2.75) is 19.9 Å². The van der Waals surface area contributed by atoms with Gasteiger partial charge in [0.2, 0.25) is 5.91 Å². The summed E-state index contributed by atoms with van der Waals surface area (Å²) in [7, 11) is 2.18. The standard InChI is InChI=1S/C21H25N5OS2/c1-15-13-29-21(22-15)24-19(27)11-18-14-28-20(23-18)17-5-3-16(4-6-17)12-26-9-7-25(2)8-10-26/h3-6,13-14H,7-12H2,1-2H3,(H,22,24,27). The minimum Gasteiger partial charge on any atom is -0.304 e. The fourth-order valence-electron chi connectivity index (χ4n) is 3.28. The van der Waals surface area contributed by atoms with Gasteiger partial charge >= 0.3 is 0 Å². The van der Waals surface area contributed by atoms with Crippen LogP contribution in [0.25, 0.3) is 10.6 Å². The average Bonchev–Trinajstić information content (AvgIpc) is 3.33. The second-order valence-electron chi connectivity index (χ2n) is 7.44. The molecule has 1 saturated heterocycles. The van der Waals surface area contributed by atoms with E-state index >= 15 is 0 Å². The minimum atomic E-state index is -0.0845. The van der Waals surface area contributed by atoms with Gasteiger partial charge in [-0.1, -0.05) is 24.3 Å². The molecule has 6 nitrogen and oxygen atoms in total. The van der Waals surface area contributed by atoms with E-state index in [1.165, 1.54) is 16.9 Å². The quantitative estimate of drug-likeness (QED) is 0.652. The molecule has 1 aliphatic heterocycles. The highest BCUT2D eigenvalue weighted by Crippen LogP contribution is 2.25. The van der Waals surface area contributed by atoms with E-state index in [-0.39, 0.29) is 12.3 Å². The zero-order valence-corrected chi connectivity index (χ0v) is 18.4. The van der Waals surface area contributed by atoms with Gasteiger partial charge in [-0.25, -0.2) is 9.97 Å². The lowest BCUT2D eigenvalue weighted by molar-refractivity contribution is -0.115. The summed E-state index contributed by atoms with van der Waals surface area (Å²) in [5.41, 5.74) is 4.13. The highest BCUT2D eigenvalue weighted by molar-refractivity contribution is 7.14. The Balaban J connectivity index is 1.33. The van der Waals surface area contributed by atoms with Gasteiger partial charge in [0.25, 0.3) is 0 Å². The number of aryl methyl sites for hydroxylation is 1. The van der Waals surface area contributed by atoms with Crippen molar-refractivity contribution in [3.05, 3.63) is 52.0 Å². The normalized spacial score (nSPS) is 15.5. The van der Waals surface area contributed by atoms with Gasteiger partial charge in [-0.2, -0.15) is 0 Å². The van der Waals surface area contributed by atoms with Crippen LogP contribution >= 0.6 is 22.7 Å². The van der Waals surface area contributed by atoms with Gasteiger partial charge in [0, 0.05) is 49.0 Å². The van der Waals surface area contributed by atoms with E-state index < -0.39 is 0 Å². The third kappa shape index (κ3) is 5.48. The highest BCUT2D eigenvalue weighted by Gasteiger charge is 2.14. The zero-order valence-electron chi connectivity index (χ0n) is 16.7. The van der Waals surface area contributed by atoms with Crippen molar-refractivity contribution in [3.8, 4) is 10.6 Å². The molecular weight excluding hydrogens is 402 g/mol. The summed E-state index contributed by atoms with van der Waals surface area (Å²) in [6.45, 7) is 7.42. The van der Waals surface area contributed by atoms with Crippen molar-refractivity contribution in [2.75, 3.05) is 38.5 Å². The zero-order chi connectivity index (χ0) is 20.2. The van der Waals surface area contributed by atoms with Crippen LogP contribution in [-0.2, 0) is 17.8 Å². The number of rotatable bonds is 6. The van der Waals surface area contributed by atoms with Gasteiger partial charge in [0.05, 0.1) is 17.8 Å². The number of nitrogens with zero attached hydrogens (tertiary/aromatic N) is 4. The number of benzene rings is 1. The summed E-state index contributed by atoms with van der Waals surface area (Å²) in [5, 5.41) is 8.30. The van der Waals surface area contributed by atoms with Crippen LogP contribution in [0.3, 0.4) is 0 Å². The van der Waals surface area contributed by atoms with Crippen molar-refractivity contribution in [1.29, 1.82) is 0 Å². The summed E-state index contributed by atoms with van der Waals surface area (Å²) >= 11 is 3.01. The largest absolute Gasteiger partial charge is 0.304 e. The van der Waals surface area contributed by atoms with E-state index in [9.17, 15) is 4.79 Å². The van der Waals surface area contributed by atoms with Crippen molar-refractivity contribution in [3.63, 3.8) is 0 Å². The van der Waals surface area contributed by atoms with Crippen LogP contribution in [-0.4, -0.2) is 58.9 Å². The second kappa shape index (κ2) is 9.13. The Kier molecular flexibility index (Phi) is 6.34. The molecule has 0 spiro atoms. The summed E-state index contributed by atoms with van der Waals surface area (Å²) in [5.74, 6) is -0.0845. The summed E-state index contributed by atoms with van der Waals surface area (Å²) in [4.78, 5) is 26.0. The Morgan fingerprint density at radius 2 is 1.83 bits per heavy atom. The number of thiazole rings is 2. The Bertz CT molecular complexity index is 958. The fraction of sp³-hybridized carbons (Fsp3) is 0.381. The number of nitrogens with one attached hydrogen (secondary N) is 1. The number of amides is 1. The number of hydrogen-bond donors (Lipinski definition) is 1. The van der Waals surface area contributed by atoms with Crippen LogP contribution in [0.1, 0.15) is 17.0 Å². The molecule has 3 aromatic rings. The number of anilines is 1. The molecule has 8 heteroatoms. The molecule has 152 valence electrons. The monoisotopic (exact) mass is 427 g/mol. The molecule has 29 heavy (non-hydrogen) atoms. The molecule has 1 fully saturated rings. The second-order valence-corrected chi connectivity index (χ2v) is 9.16. The molecule has 0 bridgehead atoms. The van der Waals surface area contributed by atoms with Crippen LogP contribution in [0.15, 0.2) is 35.0 Å². The van der Waals surface area contributed by atoms with Crippen LogP contribution < -0.4 is 5.32 Å². The van der Waals surface area contributed by atoms with Gasteiger partial charge in [0.1, 0.15) is 5.01 Å². The average molecular weight is 428 g/mol. The SMILES string of the molecule is Cc1csc(NC(=O)Cc2csc(-c3ccc(CN4CCN(C)CC4)cc3)n2)n1. The van der Waals surface area contributed by atoms with E-state index in [0.29, 0.717) is 5.13 Å². The molecule has 3 heterocycles. The fourth-order valence-corrected chi connectivity index (χ4v) is 4.81. The Labute approximate surface area is 179 Å². The molecule has 4 rings (SSSR count). The maximum absolute atomic E-state index is 12.2. The maximum Gasteiger partial charge on any atom is 0.232 e. The molecule has 2 aromatic heterocycles. The molecule has 0 saturated carbocycles. The summed E-state index contributed by atoms with van der Waals surface area (Å²) < 4.78 is 0. The first-order chi connectivity index (χ1) is 14.0. The molecule has 0 aliphatic carbocycles. The van der Waals surface area contributed by atoms with Gasteiger partial charge in [-0.15, -0.1) is 22.7 Å². The third-order valence-electron chi connectivity index (χ3n) is 4.96. The molecule has 1 amide bonds. The lowest BCUT2D eigenvalue weighted by Gasteiger charge is -2.32. The third-order valence-corrected chi connectivity index (χ3v) is 6.78. The maximum atomic E-state index is 12.2. The van der Waals surface area contributed by atoms with E-state index in [0.717, 1.165) is 54.7 Å². The Morgan fingerprint density at radius 3 is 2.52 bits per heavy atom. The Morgan fingerprint density at radius 1 is 1.07 bits per heavy atom. The van der Waals surface area contributed by atoms with Gasteiger partial charge < -0.3 is 10.2 Å². The molecule has 0 atom stereocenters. The van der Waals surface area contributed by atoms with Crippen LogP contribution in [0.2, 0.25) is 0 Å². The topological polar surface area (TPSA) is 61.4 Å². The van der Waals surface area contributed by atoms with E-state index in [2.05, 4.69) is 56.4 Å². The van der Waals surface area contributed by atoms with E-state index in [1.807, 2.05) is 17.7 Å². The number of carbonyl (C=O) groups is 1. The number of carbonyl (C=O) groups excluding carboxylic acids is 1. The lowest BCUT2D eigenvalue weighted by Crippen LogP contribution is -2.43. The molecule has 1 aromatic carbocycles. The van der Waals surface area contributed by atoms with Crippen molar-refractivity contribution < 1.29 is 4.79 Å². The smallest absolute Gasteiger partial charge is 0.232 e. The number of piperazine rings is 1. The number of aromatic nitrogens is 2. The first-order valence-electron chi connectivity index (χ1n) is 9.72. The van der Waals surface area contributed by atoms with Crippen molar-refractivity contribution >= 4 is 33.7 Å². The van der Waals surface area contributed by atoms with E-state index in [4.69, 9.17) is 0 Å². The minimum absolute atomic E-state index is 0.0845. The molecule has 1 N–H and O–H groups in total. The van der Waals surface area contributed by atoms with Crippen LogP contribution in [0.5, 0.6) is 0 Å². The van der Waals surface area contributed by atoms with Gasteiger partial charge in [-0.3, -0.25) is 9.69 Å². The molecule has 1 aliphatic rings. The van der Waals surface area contributed by atoms with E-state index in [1.54, 1.807) is 11.3 Å². The first kappa shape index (κ1) is 20.2. The first-order valence-corrected chi connectivity index (χ1v) is 11.5. The molecule has 0 unspecified atom stereocenters. The highest BCUT2D eigenvalue weighted by atomic mass is 32.1. The molecular formula is C21H25N5OS2. The predicted molar refractivity (Wildman–Crippen MR) is 120 cm³/mol. The summed E-state index contributed by atoms with van der Waals surface area (Å²) in [6.07, 6.45) is 0.261. The number of hydrogen-bond acceptors (Lipinski definition) is 7. The Hall–Kier alpha value is -2.13. The predicted octanol–water partition coefficient (Wildman–Crippen LogP) is 3.50. The van der Waals surface area contributed by atoms with Gasteiger partial charge in [-0.05, 0) is 19.5 Å². The van der Waals surface area contributed by atoms with Gasteiger partial charge in [0.15, 0.2) is 5.13 Å². The lowest BCUT2D eigenvalue weighted by atomic mass is 10.1. The number of likely N-dealkylation sites (N-methyl/N-ethyl adjacent to an activating group) is 1. The van der Waals surface area contributed by atoms with Crippen molar-refractivity contribution in [1.82, 2.24) is 19.8 Å².